The van der Waals surface area contributed by atoms with Crippen LogP contribution in [0.5, 0.6) is 0 Å². The van der Waals surface area contributed by atoms with Gasteiger partial charge in [-0.1, -0.05) is 17.7 Å². The van der Waals surface area contributed by atoms with Gasteiger partial charge < -0.3 is 14.7 Å². The maximum absolute atomic E-state index is 9.29. The van der Waals surface area contributed by atoms with Crippen molar-refractivity contribution in [3.05, 3.63) is 29.7 Å². The van der Waals surface area contributed by atoms with E-state index in [1.807, 2.05) is 4.90 Å². The molecule has 0 aliphatic carbocycles. The predicted molar refractivity (Wildman–Crippen MR) is 67.3 cm³/mol. The first kappa shape index (κ1) is 13.9. The van der Waals surface area contributed by atoms with Crippen molar-refractivity contribution in [2.24, 2.45) is 0 Å². The fourth-order valence-electron chi connectivity index (χ4n) is 1.43. The van der Waals surface area contributed by atoms with Gasteiger partial charge in [0.15, 0.2) is 0 Å². The maximum atomic E-state index is 9.29. The molecule has 1 heterocycles. The van der Waals surface area contributed by atoms with Crippen LogP contribution in [0.15, 0.2) is 19.0 Å². The van der Waals surface area contributed by atoms with E-state index in [1.54, 1.807) is 13.2 Å². The van der Waals surface area contributed by atoms with Crippen LogP contribution < -0.4 is 4.90 Å². The minimum atomic E-state index is -0.199. The Morgan fingerprint density at radius 3 is 2.94 bits per heavy atom. The molecule has 5 nitrogen and oxygen atoms in total. The minimum Gasteiger partial charge on any atom is -0.391 e. The number of aromatic nitrogens is 2. The van der Waals surface area contributed by atoms with Crippen LogP contribution in [0.4, 0.5) is 5.82 Å². The van der Waals surface area contributed by atoms with Gasteiger partial charge in [0.2, 0.25) is 0 Å². The summed E-state index contributed by atoms with van der Waals surface area (Å²) in [5, 5.41) is 9.56. The number of aliphatic hydroxyl groups excluding tert-OH is 1. The quantitative estimate of drug-likeness (QED) is 0.589. The Labute approximate surface area is 106 Å². The molecule has 0 fully saturated rings. The highest BCUT2D eigenvalue weighted by atomic mass is 35.5. The number of nitrogens with zero attached hydrogens (tertiary/aromatic N) is 3. The molecule has 1 N–H and O–H groups in total. The van der Waals surface area contributed by atoms with Gasteiger partial charge in [0.1, 0.15) is 17.3 Å². The van der Waals surface area contributed by atoms with E-state index in [4.69, 9.17) is 16.3 Å². The van der Waals surface area contributed by atoms with E-state index >= 15 is 0 Å². The second-order valence-electron chi connectivity index (χ2n) is 3.35. The maximum Gasteiger partial charge on any atom is 0.140 e. The zero-order valence-electron chi connectivity index (χ0n) is 9.77. The largest absolute Gasteiger partial charge is 0.391 e. The summed E-state index contributed by atoms with van der Waals surface area (Å²) in [5.41, 5.74) is 0.520. The number of methoxy groups -OCH3 is 1. The molecule has 0 unspecified atom stereocenters. The minimum absolute atomic E-state index is 0.199. The molecule has 0 saturated heterocycles. The first-order valence-electron chi connectivity index (χ1n) is 5.19. The smallest absolute Gasteiger partial charge is 0.140 e. The van der Waals surface area contributed by atoms with Crippen molar-refractivity contribution in [1.82, 2.24) is 9.97 Å². The molecular weight excluding hydrogens is 242 g/mol. The second-order valence-corrected chi connectivity index (χ2v) is 3.71. The molecule has 0 aromatic carbocycles. The van der Waals surface area contributed by atoms with Crippen LogP contribution in [0.1, 0.15) is 5.56 Å². The van der Waals surface area contributed by atoms with E-state index in [-0.39, 0.29) is 11.8 Å². The number of aliphatic hydroxyl groups is 1. The molecule has 0 spiro atoms. The van der Waals surface area contributed by atoms with E-state index in [9.17, 15) is 5.11 Å². The third-order valence-corrected chi connectivity index (χ3v) is 2.57. The molecule has 0 amide bonds. The van der Waals surface area contributed by atoms with Crippen molar-refractivity contribution < 1.29 is 9.84 Å². The number of hydrogen-bond donors (Lipinski definition) is 1. The first-order valence-corrected chi connectivity index (χ1v) is 5.57. The molecular formula is C11H16ClN3O2. The van der Waals surface area contributed by atoms with Gasteiger partial charge in [-0.3, -0.25) is 0 Å². The molecule has 0 aliphatic rings. The highest BCUT2D eigenvalue weighted by Crippen LogP contribution is 2.23. The molecule has 0 saturated carbocycles. The summed E-state index contributed by atoms with van der Waals surface area (Å²) >= 11 is 5.91. The second kappa shape index (κ2) is 7.21. The van der Waals surface area contributed by atoms with Gasteiger partial charge in [-0.25, -0.2) is 9.97 Å². The van der Waals surface area contributed by atoms with Crippen LogP contribution >= 0.6 is 11.6 Å². The molecule has 17 heavy (non-hydrogen) atoms. The molecule has 1 aromatic heterocycles. The monoisotopic (exact) mass is 257 g/mol. The van der Waals surface area contributed by atoms with Gasteiger partial charge >= 0.3 is 0 Å². The Morgan fingerprint density at radius 2 is 2.35 bits per heavy atom. The average molecular weight is 258 g/mol. The highest BCUT2D eigenvalue weighted by Gasteiger charge is 2.14. The lowest BCUT2D eigenvalue weighted by Gasteiger charge is -2.23. The summed E-state index contributed by atoms with van der Waals surface area (Å²) < 4.78 is 5.03. The van der Waals surface area contributed by atoms with E-state index in [0.717, 1.165) is 0 Å². The van der Waals surface area contributed by atoms with Gasteiger partial charge in [0, 0.05) is 20.2 Å². The lowest BCUT2D eigenvalue weighted by molar-refractivity contribution is 0.205. The average Bonchev–Trinajstić information content (AvgIpc) is 2.34. The van der Waals surface area contributed by atoms with Crippen molar-refractivity contribution in [3.63, 3.8) is 0 Å². The van der Waals surface area contributed by atoms with Crippen LogP contribution in [0, 0.1) is 0 Å². The molecule has 0 aliphatic heterocycles. The third-order valence-electron chi connectivity index (χ3n) is 2.24. The van der Waals surface area contributed by atoms with Crippen molar-refractivity contribution in [3.8, 4) is 0 Å². The van der Waals surface area contributed by atoms with Gasteiger partial charge in [0.05, 0.1) is 18.8 Å². The molecule has 1 aromatic rings. The van der Waals surface area contributed by atoms with Crippen LogP contribution in [-0.4, -0.2) is 41.9 Å². The zero-order chi connectivity index (χ0) is 12.7. The Balaban J connectivity index is 2.99. The first-order chi connectivity index (χ1) is 8.24. The molecule has 0 bridgehead atoms. The van der Waals surface area contributed by atoms with E-state index < -0.39 is 0 Å². The van der Waals surface area contributed by atoms with Crippen LogP contribution in [-0.2, 0) is 11.3 Å². The number of anilines is 1. The number of halogens is 1. The molecule has 94 valence electrons. The number of ether oxygens (including phenoxy) is 1. The van der Waals surface area contributed by atoms with E-state index in [1.165, 1.54) is 6.33 Å². The Kier molecular flexibility index (Phi) is 5.90. The Bertz CT molecular complexity index is 374. The number of rotatable bonds is 7. The van der Waals surface area contributed by atoms with Gasteiger partial charge in [-0.15, -0.1) is 6.58 Å². The van der Waals surface area contributed by atoms with Gasteiger partial charge in [0.25, 0.3) is 0 Å². The number of hydrogen-bond acceptors (Lipinski definition) is 5. The normalized spacial score (nSPS) is 10.3. The summed E-state index contributed by atoms with van der Waals surface area (Å²) in [7, 11) is 1.63. The van der Waals surface area contributed by atoms with Crippen LogP contribution in [0.25, 0.3) is 0 Å². The SMILES string of the molecule is C=CCN(CCOC)c1ncnc(Cl)c1CO. The molecule has 1 rings (SSSR count). The van der Waals surface area contributed by atoms with E-state index in [2.05, 4.69) is 16.5 Å². The van der Waals surface area contributed by atoms with Crippen molar-refractivity contribution in [1.29, 1.82) is 0 Å². The topological polar surface area (TPSA) is 58.5 Å². The zero-order valence-corrected chi connectivity index (χ0v) is 10.5. The standard InChI is InChI=1S/C11H16ClN3O2/c1-3-4-15(5-6-17-2)11-9(7-16)10(12)13-8-14-11/h3,8,16H,1,4-7H2,2H3. The predicted octanol–water partition coefficient (Wildman–Crippen LogP) is 1.26. The fraction of sp³-hybridized carbons (Fsp3) is 0.455. The summed E-state index contributed by atoms with van der Waals surface area (Å²) in [4.78, 5) is 9.92. The van der Waals surface area contributed by atoms with Crippen LogP contribution in [0.2, 0.25) is 5.15 Å². The Hall–Kier alpha value is -1.17. The highest BCUT2D eigenvalue weighted by molar-refractivity contribution is 6.30. The molecule has 0 atom stereocenters. The van der Waals surface area contributed by atoms with Crippen molar-refractivity contribution in [2.75, 3.05) is 31.7 Å². The molecule has 6 heteroatoms. The van der Waals surface area contributed by atoms with Crippen molar-refractivity contribution in [2.45, 2.75) is 6.61 Å². The summed E-state index contributed by atoms with van der Waals surface area (Å²) in [5.74, 6) is 0.615. The van der Waals surface area contributed by atoms with E-state index in [0.29, 0.717) is 31.1 Å². The lowest BCUT2D eigenvalue weighted by atomic mass is 10.3. The third kappa shape index (κ3) is 3.66. The fourth-order valence-corrected chi connectivity index (χ4v) is 1.62. The summed E-state index contributed by atoms with van der Waals surface area (Å²) in [6.07, 6.45) is 3.13. The van der Waals surface area contributed by atoms with Gasteiger partial charge in [-0.05, 0) is 0 Å². The lowest BCUT2D eigenvalue weighted by Crippen LogP contribution is -2.29. The Morgan fingerprint density at radius 1 is 1.59 bits per heavy atom. The summed E-state index contributed by atoms with van der Waals surface area (Å²) in [6.45, 7) is 5.29. The van der Waals surface area contributed by atoms with Crippen molar-refractivity contribution >= 4 is 17.4 Å². The molecule has 0 radical (unpaired) electrons. The van der Waals surface area contributed by atoms with Crippen LogP contribution in [0.3, 0.4) is 0 Å². The summed E-state index contributed by atoms with van der Waals surface area (Å²) in [6, 6.07) is 0. The van der Waals surface area contributed by atoms with Gasteiger partial charge in [-0.2, -0.15) is 0 Å².